The molecule has 1 aromatic carbocycles. The van der Waals surface area contributed by atoms with E-state index in [1.807, 2.05) is 23.2 Å². The van der Waals surface area contributed by atoms with E-state index < -0.39 is 0 Å². The predicted octanol–water partition coefficient (Wildman–Crippen LogP) is 0.476. The maximum Gasteiger partial charge on any atom is 0.161 e. The molecule has 0 heterocycles. The Labute approximate surface area is 112 Å². The number of nitrogens with two attached hydrogens (primary N) is 2. The third kappa shape index (κ3) is 6.27. The molecule has 0 aliphatic carbocycles. The van der Waals surface area contributed by atoms with Crippen LogP contribution in [0, 0.1) is 5.92 Å². The summed E-state index contributed by atoms with van der Waals surface area (Å²) >= 11 is 0. The number of hydrazine groups is 1. The third-order valence-electron chi connectivity index (χ3n) is 3.12. The fraction of sp³-hybridized carbons (Fsp3) is 0.538. The molecular formula is C13H25N3OSi. The summed E-state index contributed by atoms with van der Waals surface area (Å²) in [6.07, 6.45) is 1.05. The molecule has 18 heavy (non-hydrogen) atoms. The molecular weight excluding hydrogens is 242 g/mol. The minimum atomic E-state index is -0.378. The fourth-order valence-electron chi connectivity index (χ4n) is 1.91. The van der Waals surface area contributed by atoms with Crippen LogP contribution in [0.5, 0.6) is 0 Å². The zero-order chi connectivity index (χ0) is 13.2. The van der Waals surface area contributed by atoms with Gasteiger partial charge in [-0.2, -0.15) is 0 Å². The highest BCUT2D eigenvalue weighted by Crippen LogP contribution is 2.09. The van der Waals surface area contributed by atoms with Gasteiger partial charge >= 0.3 is 0 Å². The molecule has 4 N–H and O–H groups in total. The average Bonchev–Trinajstić information content (AvgIpc) is 2.40. The van der Waals surface area contributed by atoms with Crippen LogP contribution in [0.15, 0.2) is 30.3 Å². The van der Waals surface area contributed by atoms with E-state index in [1.54, 1.807) is 7.11 Å². The molecule has 0 aliphatic heterocycles. The molecule has 5 heteroatoms. The van der Waals surface area contributed by atoms with Crippen molar-refractivity contribution in [1.82, 2.24) is 5.01 Å². The first-order chi connectivity index (χ1) is 8.76. The summed E-state index contributed by atoms with van der Waals surface area (Å²) in [5, 5.41) is 1.87. The van der Waals surface area contributed by atoms with Crippen molar-refractivity contribution in [3.8, 4) is 0 Å². The van der Waals surface area contributed by atoms with Gasteiger partial charge in [0.1, 0.15) is 0 Å². The Morgan fingerprint density at radius 1 is 1.33 bits per heavy atom. The van der Waals surface area contributed by atoms with E-state index in [9.17, 15) is 0 Å². The van der Waals surface area contributed by atoms with Gasteiger partial charge in [0.05, 0.1) is 0 Å². The van der Waals surface area contributed by atoms with Crippen LogP contribution in [0.25, 0.3) is 0 Å². The second-order valence-corrected chi connectivity index (χ2v) is 6.19. The number of rotatable bonds is 9. The van der Waals surface area contributed by atoms with Crippen LogP contribution in [-0.4, -0.2) is 35.0 Å². The molecule has 0 amide bonds. The Bertz CT molecular complexity index is 310. The molecule has 0 aliphatic rings. The Morgan fingerprint density at radius 2 is 2.06 bits per heavy atom. The highest BCUT2D eigenvalue weighted by atomic mass is 28.2. The monoisotopic (exact) mass is 267 g/mol. The summed E-state index contributed by atoms with van der Waals surface area (Å²) < 4.78 is 5.22. The van der Waals surface area contributed by atoms with E-state index in [0.29, 0.717) is 5.92 Å². The highest BCUT2D eigenvalue weighted by Gasteiger charge is 2.09. The average molecular weight is 267 g/mol. The molecule has 1 unspecified atom stereocenters. The van der Waals surface area contributed by atoms with Gasteiger partial charge in [-0.1, -0.05) is 30.3 Å². The molecule has 1 aromatic rings. The number of benzene rings is 1. The summed E-state index contributed by atoms with van der Waals surface area (Å²) in [7, 11) is 1.40. The van der Waals surface area contributed by atoms with Crippen molar-refractivity contribution in [1.29, 1.82) is 0 Å². The Balaban J connectivity index is 2.25. The first-order valence-corrected chi connectivity index (χ1v) is 8.06. The largest absolute Gasteiger partial charge is 0.427 e. The van der Waals surface area contributed by atoms with Gasteiger partial charge in [0.2, 0.25) is 0 Å². The van der Waals surface area contributed by atoms with Crippen LogP contribution in [0.3, 0.4) is 0 Å². The van der Waals surface area contributed by atoms with Crippen molar-refractivity contribution in [2.45, 2.75) is 19.0 Å². The lowest BCUT2D eigenvalue weighted by Gasteiger charge is -2.20. The van der Waals surface area contributed by atoms with Crippen molar-refractivity contribution >= 4 is 9.76 Å². The van der Waals surface area contributed by atoms with Crippen molar-refractivity contribution in [3.63, 3.8) is 0 Å². The smallest absolute Gasteiger partial charge is 0.161 e. The van der Waals surface area contributed by atoms with Crippen LogP contribution in [0.1, 0.15) is 12.0 Å². The highest BCUT2D eigenvalue weighted by molar-refractivity contribution is 6.27. The van der Waals surface area contributed by atoms with E-state index in [1.165, 1.54) is 5.56 Å². The van der Waals surface area contributed by atoms with Gasteiger partial charge in [-0.05, 0) is 30.5 Å². The van der Waals surface area contributed by atoms with Gasteiger partial charge in [-0.15, -0.1) is 0 Å². The SMILES string of the molecule is CO[SiH2]CC(CN)CCN(N)Cc1ccccc1. The van der Waals surface area contributed by atoms with E-state index >= 15 is 0 Å². The van der Waals surface area contributed by atoms with Gasteiger partial charge in [0, 0.05) is 20.2 Å². The van der Waals surface area contributed by atoms with E-state index in [-0.39, 0.29) is 9.76 Å². The summed E-state index contributed by atoms with van der Waals surface area (Å²) in [4.78, 5) is 0. The molecule has 1 atom stereocenters. The van der Waals surface area contributed by atoms with Crippen molar-refractivity contribution in [3.05, 3.63) is 35.9 Å². The molecule has 4 nitrogen and oxygen atoms in total. The van der Waals surface area contributed by atoms with Gasteiger partial charge < -0.3 is 10.2 Å². The van der Waals surface area contributed by atoms with Crippen molar-refractivity contribution < 1.29 is 4.43 Å². The molecule has 0 fully saturated rings. The normalized spacial score (nSPS) is 13.6. The summed E-state index contributed by atoms with van der Waals surface area (Å²) in [6, 6.07) is 11.4. The van der Waals surface area contributed by atoms with E-state index in [4.69, 9.17) is 16.0 Å². The summed E-state index contributed by atoms with van der Waals surface area (Å²) in [5.74, 6) is 6.56. The molecule has 0 bridgehead atoms. The lowest BCUT2D eigenvalue weighted by Crippen LogP contribution is -2.33. The van der Waals surface area contributed by atoms with Gasteiger partial charge in [0.25, 0.3) is 0 Å². The minimum Gasteiger partial charge on any atom is -0.427 e. The molecule has 0 saturated carbocycles. The predicted molar refractivity (Wildman–Crippen MR) is 78.6 cm³/mol. The van der Waals surface area contributed by atoms with Crippen molar-refractivity contribution in [2.75, 3.05) is 20.2 Å². The molecule has 0 spiro atoms. The zero-order valence-corrected chi connectivity index (χ0v) is 12.6. The maximum absolute atomic E-state index is 6.01. The molecule has 1 rings (SSSR count). The third-order valence-corrected chi connectivity index (χ3v) is 4.58. The Kier molecular flexibility index (Phi) is 7.87. The van der Waals surface area contributed by atoms with Gasteiger partial charge in [-0.25, -0.2) is 5.01 Å². The van der Waals surface area contributed by atoms with Crippen LogP contribution >= 0.6 is 0 Å². The number of hydrogen-bond donors (Lipinski definition) is 2. The molecule has 0 aromatic heterocycles. The Morgan fingerprint density at radius 3 is 2.67 bits per heavy atom. The van der Waals surface area contributed by atoms with Crippen LogP contribution in [0.2, 0.25) is 6.04 Å². The van der Waals surface area contributed by atoms with Crippen LogP contribution in [0.4, 0.5) is 0 Å². The number of nitrogens with zero attached hydrogens (tertiary/aromatic N) is 1. The molecule has 0 radical (unpaired) electrons. The second-order valence-electron chi connectivity index (χ2n) is 4.63. The van der Waals surface area contributed by atoms with E-state index in [0.717, 1.165) is 32.1 Å². The van der Waals surface area contributed by atoms with Crippen molar-refractivity contribution in [2.24, 2.45) is 17.5 Å². The molecule has 0 saturated heterocycles. The first kappa shape index (κ1) is 15.3. The van der Waals surface area contributed by atoms with Crippen LogP contribution in [-0.2, 0) is 11.0 Å². The maximum atomic E-state index is 6.01. The summed E-state index contributed by atoms with van der Waals surface area (Å²) in [5.41, 5.74) is 7.01. The molecule has 102 valence electrons. The van der Waals surface area contributed by atoms with Crippen LogP contribution < -0.4 is 11.6 Å². The number of hydrogen-bond acceptors (Lipinski definition) is 4. The zero-order valence-electron chi connectivity index (χ0n) is 11.2. The quantitative estimate of drug-likeness (QED) is 0.388. The standard InChI is InChI=1S/C13H25N3OSi/c1-17-18-11-13(9-14)7-8-16(15)10-12-5-3-2-4-6-12/h2-6,13H,7-11,14-15,18H2,1H3. The fourth-order valence-corrected chi connectivity index (χ4v) is 3.00. The van der Waals surface area contributed by atoms with Gasteiger partial charge in [-0.3, -0.25) is 5.84 Å². The topological polar surface area (TPSA) is 64.5 Å². The Hall–Kier alpha value is -0.723. The van der Waals surface area contributed by atoms with E-state index in [2.05, 4.69) is 12.1 Å². The first-order valence-electron chi connectivity index (χ1n) is 6.48. The lowest BCUT2D eigenvalue weighted by molar-refractivity contribution is 0.254. The van der Waals surface area contributed by atoms with Gasteiger partial charge in [0.15, 0.2) is 9.76 Å². The summed E-state index contributed by atoms with van der Waals surface area (Å²) in [6.45, 7) is 2.41. The lowest BCUT2D eigenvalue weighted by atomic mass is 10.1. The second kappa shape index (κ2) is 9.24. The minimum absolute atomic E-state index is 0.378.